The standard InChI is InChI=1S/C18H15N3O3S/c22-15(16-5-2-10-25-16)7-9-17(23)19-13-4-1-3-12(11-13)14-6-8-18(24)21-20-14/h1-6,8,10-11H,7,9H2,(H,19,23)(H,21,24). The van der Waals surface area contributed by atoms with Crippen molar-refractivity contribution in [3.05, 3.63) is 69.1 Å². The fourth-order valence-corrected chi connectivity index (χ4v) is 2.97. The van der Waals surface area contributed by atoms with E-state index in [2.05, 4.69) is 15.5 Å². The average Bonchev–Trinajstić information content (AvgIpc) is 3.15. The summed E-state index contributed by atoms with van der Waals surface area (Å²) in [7, 11) is 0. The summed E-state index contributed by atoms with van der Waals surface area (Å²) >= 11 is 1.37. The number of nitrogens with one attached hydrogen (secondary N) is 2. The Morgan fingerprint density at radius 1 is 1.08 bits per heavy atom. The first-order valence-corrected chi connectivity index (χ1v) is 8.52. The second kappa shape index (κ2) is 7.67. The Labute approximate surface area is 147 Å². The number of Topliss-reactive ketones (excluding diaryl/α,β-unsaturated/α-hetero) is 1. The third kappa shape index (κ3) is 4.48. The third-order valence-corrected chi connectivity index (χ3v) is 4.41. The van der Waals surface area contributed by atoms with E-state index >= 15 is 0 Å². The second-order valence-corrected chi connectivity index (χ2v) is 6.28. The molecule has 0 saturated carbocycles. The van der Waals surface area contributed by atoms with Gasteiger partial charge in [-0.1, -0.05) is 18.2 Å². The number of rotatable bonds is 6. The van der Waals surface area contributed by atoms with Crippen molar-refractivity contribution in [2.24, 2.45) is 0 Å². The number of carbonyl (C=O) groups is 2. The molecule has 0 saturated heterocycles. The average molecular weight is 353 g/mol. The number of ketones is 1. The maximum atomic E-state index is 12.1. The highest BCUT2D eigenvalue weighted by atomic mass is 32.1. The highest BCUT2D eigenvalue weighted by molar-refractivity contribution is 7.12. The molecule has 2 heterocycles. The molecule has 6 nitrogen and oxygen atoms in total. The van der Waals surface area contributed by atoms with Gasteiger partial charge in [-0.15, -0.1) is 11.3 Å². The maximum Gasteiger partial charge on any atom is 0.264 e. The van der Waals surface area contributed by atoms with E-state index in [1.165, 1.54) is 17.4 Å². The van der Waals surface area contributed by atoms with E-state index in [4.69, 9.17) is 0 Å². The minimum Gasteiger partial charge on any atom is -0.326 e. The molecule has 0 unspecified atom stereocenters. The van der Waals surface area contributed by atoms with Crippen LogP contribution >= 0.6 is 11.3 Å². The van der Waals surface area contributed by atoms with E-state index in [0.29, 0.717) is 16.3 Å². The van der Waals surface area contributed by atoms with Crippen LogP contribution in [-0.2, 0) is 4.79 Å². The van der Waals surface area contributed by atoms with Gasteiger partial charge in [0.25, 0.3) is 5.56 Å². The first-order valence-electron chi connectivity index (χ1n) is 7.64. The molecule has 126 valence electrons. The van der Waals surface area contributed by atoms with E-state index in [1.807, 2.05) is 17.5 Å². The van der Waals surface area contributed by atoms with E-state index in [0.717, 1.165) is 5.56 Å². The third-order valence-electron chi connectivity index (χ3n) is 3.50. The number of hydrogen-bond acceptors (Lipinski definition) is 5. The lowest BCUT2D eigenvalue weighted by molar-refractivity contribution is -0.116. The fraction of sp³-hybridized carbons (Fsp3) is 0.111. The highest BCUT2D eigenvalue weighted by Crippen LogP contribution is 2.20. The molecule has 0 aliphatic rings. The minimum atomic E-state index is -0.274. The zero-order chi connectivity index (χ0) is 17.6. The van der Waals surface area contributed by atoms with Crippen LogP contribution in [0.4, 0.5) is 5.69 Å². The van der Waals surface area contributed by atoms with Gasteiger partial charge >= 0.3 is 0 Å². The normalized spacial score (nSPS) is 10.4. The lowest BCUT2D eigenvalue weighted by Gasteiger charge is -2.07. The Morgan fingerprint density at radius 2 is 1.96 bits per heavy atom. The number of H-pyrrole nitrogens is 1. The molecule has 0 atom stereocenters. The Kier molecular flexibility index (Phi) is 5.15. The molecule has 2 aromatic heterocycles. The second-order valence-electron chi connectivity index (χ2n) is 5.34. The van der Waals surface area contributed by atoms with Crippen LogP contribution in [0.2, 0.25) is 0 Å². The van der Waals surface area contributed by atoms with Crippen molar-refractivity contribution < 1.29 is 9.59 Å². The summed E-state index contributed by atoms with van der Waals surface area (Å²) in [6.07, 6.45) is 0.297. The molecule has 0 aliphatic heterocycles. The van der Waals surface area contributed by atoms with Gasteiger partial charge in [-0.05, 0) is 29.6 Å². The van der Waals surface area contributed by atoms with Crippen molar-refractivity contribution in [3.8, 4) is 11.3 Å². The number of anilines is 1. The number of aromatic amines is 1. The summed E-state index contributed by atoms with van der Waals surface area (Å²) in [5, 5.41) is 11.0. The molecule has 7 heteroatoms. The molecule has 2 N–H and O–H groups in total. The van der Waals surface area contributed by atoms with Gasteiger partial charge in [-0.3, -0.25) is 14.4 Å². The number of aromatic nitrogens is 2. The van der Waals surface area contributed by atoms with Crippen LogP contribution in [0.25, 0.3) is 11.3 Å². The molecular weight excluding hydrogens is 338 g/mol. The predicted molar refractivity (Wildman–Crippen MR) is 96.8 cm³/mol. The summed E-state index contributed by atoms with van der Waals surface area (Å²) in [5.41, 5.74) is 1.70. The molecule has 0 fully saturated rings. The predicted octanol–water partition coefficient (Wildman–Crippen LogP) is 3.10. The molecule has 3 aromatic rings. The fourth-order valence-electron chi connectivity index (χ4n) is 2.27. The Balaban J connectivity index is 1.61. The van der Waals surface area contributed by atoms with Crippen molar-refractivity contribution in [1.82, 2.24) is 10.2 Å². The molecule has 0 bridgehead atoms. The molecule has 25 heavy (non-hydrogen) atoms. The lowest BCUT2D eigenvalue weighted by atomic mass is 10.1. The summed E-state index contributed by atoms with van der Waals surface area (Å²) in [6, 6.07) is 13.7. The van der Waals surface area contributed by atoms with Crippen LogP contribution < -0.4 is 10.9 Å². The number of thiophene rings is 1. The summed E-state index contributed by atoms with van der Waals surface area (Å²) < 4.78 is 0. The monoisotopic (exact) mass is 353 g/mol. The van der Waals surface area contributed by atoms with Crippen molar-refractivity contribution in [3.63, 3.8) is 0 Å². The van der Waals surface area contributed by atoms with Gasteiger partial charge in [0.1, 0.15) is 0 Å². The van der Waals surface area contributed by atoms with Gasteiger partial charge in [-0.25, -0.2) is 5.10 Å². The quantitative estimate of drug-likeness (QED) is 0.666. The minimum absolute atomic E-state index is 0.0312. The van der Waals surface area contributed by atoms with Gasteiger partial charge < -0.3 is 5.32 Å². The Bertz CT molecular complexity index is 928. The number of nitrogens with zero attached hydrogens (tertiary/aromatic N) is 1. The maximum absolute atomic E-state index is 12.1. The zero-order valence-corrected chi connectivity index (χ0v) is 14.0. The van der Waals surface area contributed by atoms with Gasteiger partial charge in [0.05, 0.1) is 10.6 Å². The first-order chi connectivity index (χ1) is 12.1. The van der Waals surface area contributed by atoms with Crippen molar-refractivity contribution in [1.29, 1.82) is 0 Å². The topological polar surface area (TPSA) is 91.9 Å². The molecule has 1 aromatic carbocycles. The first kappa shape index (κ1) is 16.8. The molecule has 0 spiro atoms. The molecule has 0 radical (unpaired) electrons. The SMILES string of the molecule is O=C(CCC(=O)c1cccs1)Nc1cccc(-c2ccc(=O)[nH]n2)c1. The smallest absolute Gasteiger partial charge is 0.264 e. The summed E-state index contributed by atoms with van der Waals surface area (Å²) in [5.74, 6) is -0.257. The van der Waals surface area contributed by atoms with Gasteiger partial charge in [-0.2, -0.15) is 5.10 Å². The lowest BCUT2D eigenvalue weighted by Crippen LogP contribution is -2.13. The van der Waals surface area contributed by atoms with Crippen LogP contribution in [0.1, 0.15) is 22.5 Å². The van der Waals surface area contributed by atoms with Crippen LogP contribution in [0, 0.1) is 0 Å². The zero-order valence-electron chi connectivity index (χ0n) is 13.2. The molecule has 1 amide bonds. The molecular formula is C18H15N3O3S. The van der Waals surface area contributed by atoms with Crippen LogP contribution in [0.15, 0.2) is 58.7 Å². The Morgan fingerprint density at radius 3 is 2.68 bits per heavy atom. The van der Waals surface area contributed by atoms with Crippen molar-refractivity contribution in [2.45, 2.75) is 12.8 Å². The summed E-state index contributed by atoms with van der Waals surface area (Å²) in [4.78, 5) is 35.7. The van der Waals surface area contributed by atoms with E-state index in [1.54, 1.807) is 30.3 Å². The number of amides is 1. The number of hydrogen-bond donors (Lipinski definition) is 2. The van der Waals surface area contributed by atoms with E-state index in [-0.39, 0.29) is 30.1 Å². The summed E-state index contributed by atoms with van der Waals surface area (Å²) in [6.45, 7) is 0. The molecule has 3 rings (SSSR count). The van der Waals surface area contributed by atoms with E-state index in [9.17, 15) is 14.4 Å². The van der Waals surface area contributed by atoms with Crippen LogP contribution in [0.3, 0.4) is 0 Å². The van der Waals surface area contributed by atoms with E-state index < -0.39 is 0 Å². The number of benzene rings is 1. The van der Waals surface area contributed by atoms with Crippen LogP contribution in [0.5, 0.6) is 0 Å². The molecule has 0 aliphatic carbocycles. The Hall–Kier alpha value is -3.06. The van der Waals surface area contributed by atoms with Crippen molar-refractivity contribution >= 4 is 28.7 Å². The van der Waals surface area contributed by atoms with Gasteiger partial charge in [0.2, 0.25) is 5.91 Å². The number of carbonyl (C=O) groups excluding carboxylic acids is 2. The highest BCUT2D eigenvalue weighted by Gasteiger charge is 2.10. The van der Waals surface area contributed by atoms with Gasteiger partial charge in [0, 0.05) is 30.2 Å². The van der Waals surface area contributed by atoms with Crippen LogP contribution in [-0.4, -0.2) is 21.9 Å². The van der Waals surface area contributed by atoms with Gasteiger partial charge in [0.15, 0.2) is 5.78 Å². The van der Waals surface area contributed by atoms with Crippen molar-refractivity contribution in [2.75, 3.05) is 5.32 Å². The largest absolute Gasteiger partial charge is 0.326 e.